The van der Waals surface area contributed by atoms with E-state index in [-0.39, 0.29) is 17.7 Å². The molecule has 0 saturated carbocycles. The number of halogens is 1. The molecule has 2 aromatic carbocycles. The molecule has 4 rings (SSSR count). The van der Waals surface area contributed by atoms with Crippen LogP contribution in [0.15, 0.2) is 72.9 Å². The zero-order chi connectivity index (χ0) is 23.0. The lowest BCUT2D eigenvalue weighted by molar-refractivity contribution is -0.126. The average Bonchev–Trinajstić information content (AvgIpc) is 2.84. The van der Waals surface area contributed by atoms with E-state index in [9.17, 15) is 9.59 Å². The van der Waals surface area contributed by atoms with Gasteiger partial charge in [-0.3, -0.25) is 19.5 Å². The number of rotatable bonds is 7. The molecule has 33 heavy (non-hydrogen) atoms. The number of carbonyl (C=O) groups excluding carboxylic acids is 2. The number of amides is 2. The molecule has 1 saturated heterocycles. The highest BCUT2D eigenvalue weighted by Gasteiger charge is 2.24. The van der Waals surface area contributed by atoms with E-state index in [2.05, 4.69) is 26.6 Å². The topological polar surface area (TPSA) is 74.3 Å². The molecule has 7 heteroatoms. The number of hydrogen-bond donors (Lipinski definition) is 2. The van der Waals surface area contributed by atoms with Crippen LogP contribution in [0.1, 0.15) is 34.5 Å². The Hall–Kier alpha value is -3.22. The molecule has 0 aliphatic carbocycles. The van der Waals surface area contributed by atoms with Crippen molar-refractivity contribution in [1.29, 1.82) is 0 Å². The standard InChI is InChI=1S/C26H27ClN4O2/c27-22-9-7-20(8-10-22)26(33)30-23-6-3-4-19(16-23)18-31-14-11-21(12-15-31)25(32)29-17-24-5-1-2-13-28-24/h1-10,13,16,21H,11-12,14-15,17-18H2,(H,29,32)(H,30,33). The summed E-state index contributed by atoms with van der Waals surface area (Å²) < 4.78 is 0. The van der Waals surface area contributed by atoms with Gasteiger partial charge in [-0.2, -0.15) is 0 Å². The van der Waals surface area contributed by atoms with Gasteiger partial charge in [-0.25, -0.2) is 0 Å². The summed E-state index contributed by atoms with van der Waals surface area (Å²) in [4.78, 5) is 31.6. The van der Waals surface area contributed by atoms with Gasteiger partial charge in [0, 0.05) is 34.9 Å². The smallest absolute Gasteiger partial charge is 0.255 e. The van der Waals surface area contributed by atoms with Crippen LogP contribution in [0.5, 0.6) is 0 Å². The summed E-state index contributed by atoms with van der Waals surface area (Å²) in [5.41, 5.74) is 3.32. The second-order valence-electron chi connectivity index (χ2n) is 8.25. The lowest BCUT2D eigenvalue weighted by atomic mass is 9.95. The molecule has 1 fully saturated rings. The van der Waals surface area contributed by atoms with Gasteiger partial charge in [-0.05, 0) is 80.0 Å². The highest BCUT2D eigenvalue weighted by atomic mass is 35.5. The lowest BCUT2D eigenvalue weighted by Crippen LogP contribution is -2.40. The Labute approximate surface area is 199 Å². The maximum Gasteiger partial charge on any atom is 0.255 e. The van der Waals surface area contributed by atoms with E-state index in [0.29, 0.717) is 17.1 Å². The predicted octanol–water partition coefficient (Wildman–Crippen LogP) is 4.52. The minimum absolute atomic E-state index is 0.0370. The Kier molecular flexibility index (Phi) is 7.70. The fourth-order valence-electron chi connectivity index (χ4n) is 3.99. The van der Waals surface area contributed by atoms with Crippen LogP contribution in [0.4, 0.5) is 5.69 Å². The van der Waals surface area contributed by atoms with Gasteiger partial charge < -0.3 is 10.6 Å². The Balaban J connectivity index is 1.25. The monoisotopic (exact) mass is 462 g/mol. The van der Waals surface area contributed by atoms with E-state index in [0.717, 1.165) is 49.4 Å². The van der Waals surface area contributed by atoms with Gasteiger partial charge in [0.15, 0.2) is 0 Å². The van der Waals surface area contributed by atoms with Crippen molar-refractivity contribution in [3.8, 4) is 0 Å². The van der Waals surface area contributed by atoms with Crippen molar-refractivity contribution in [2.24, 2.45) is 5.92 Å². The van der Waals surface area contributed by atoms with E-state index in [1.807, 2.05) is 36.4 Å². The number of carbonyl (C=O) groups is 2. The van der Waals surface area contributed by atoms with E-state index in [1.54, 1.807) is 30.5 Å². The molecular weight excluding hydrogens is 436 g/mol. The summed E-state index contributed by atoms with van der Waals surface area (Å²) in [5, 5.41) is 6.55. The Morgan fingerprint density at radius 3 is 2.52 bits per heavy atom. The number of benzene rings is 2. The summed E-state index contributed by atoms with van der Waals surface area (Å²) in [6.45, 7) is 2.98. The molecule has 170 valence electrons. The van der Waals surface area contributed by atoms with Crippen molar-refractivity contribution in [3.63, 3.8) is 0 Å². The lowest BCUT2D eigenvalue weighted by Gasteiger charge is -2.31. The largest absolute Gasteiger partial charge is 0.350 e. The van der Waals surface area contributed by atoms with Crippen molar-refractivity contribution in [1.82, 2.24) is 15.2 Å². The maximum atomic E-state index is 12.5. The van der Waals surface area contributed by atoms with Gasteiger partial charge >= 0.3 is 0 Å². The molecule has 6 nitrogen and oxygen atoms in total. The third kappa shape index (κ3) is 6.63. The predicted molar refractivity (Wildman–Crippen MR) is 130 cm³/mol. The number of aromatic nitrogens is 1. The molecular formula is C26H27ClN4O2. The highest BCUT2D eigenvalue weighted by Crippen LogP contribution is 2.21. The molecule has 2 heterocycles. The molecule has 0 radical (unpaired) electrons. The summed E-state index contributed by atoms with van der Waals surface area (Å²) in [5.74, 6) is -0.0245. The molecule has 3 aromatic rings. The Morgan fingerprint density at radius 1 is 1.00 bits per heavy atom. The molecule has 2 amide bonds. The van der Waals surface area contributed by atoms with Crippen LogP contribution >= 0.6 is 11.6 Å². The first-order chi connectivity index (χ1) is 16.1. The second-order valence-corrected chi connectivity index (χ2v) is 8.69. The number of nitrogens with zero attached hydrogens (tertiary/aromatic N) is 2. The fraction of sp³-hybridized carbons (Fsp3) is 0.269. The number of pyridine rings is 1. The van der Waals surface area contributed by atoms with Gasteiger partial charge in [0.1, 0.15) is 0 Å². The molecule has 0 atom stereocenters. The van der Waals surface area contributed by atoms with Gasteiger partial charge in [-0.15, -0.1) is 0 Å². The molecule has 0 unspecified atom stereocenters. The second kappa shape index (κ2) is 11.1. The van der Waals surface area contributed by atoms with Crippen molar-refractivity contribution in [2.45, 2.75) is 25.9 Å². The van der Waals surface area contributed by atoms with Crippen LogP contribution in [0, 0.1) is 5.92 Å². The average molecular weight is 463 g/mol. The van der Waals surface area contributed by atoms with Crippen molar-refractivity contribution < 1.29 is 9.59 Å². The van der Waals surface area contributed by atoms with Gasteiger partial charge in [0.25, 0.3) is 5.91 Å². The number of nitrogens with one attached hydrogen (secondary N) is 2. The van der Waals surface area contributed by atoms with Crippen LogP contribution in [-0.2, 0) is 17.9 Å². The SMILES string of the molecule is O=C(Nc1cccc(CN2CCC(C(=O)NCc3ccccn3)CC2)c1)c1ccc(Cl)cc1. The number of likely N-dealkylation sites (tertiary alicyclic amines) is 1. The summed E-state index contributed by atoms with van der Waals surface area (Å²) >= 11 is 5.90. The normalized spacial score (nSPS) is 14.6. The number of anilines is 1. The van der Waals surface area contributed by atoms with Crippen LogP contribution in [0.2, 0.25) is 5.02 Å². The first-order valence-corrected chi connectivity index (χ1v) is 11.5. The first-order valence-electron chi connectivity index (χ1n) is 11.1. The van der Waals surface area contributed by atoms with Gasteiger partial charge in [0.2, 0.25) is 5.91 Å². The summed E-state index contributed by atoms with van der Waals surface area (Å²) in [7, 11) is 0. The number of hydrogen-bond acceptors (Lipinski definition) is 4. The molecule has 2 N–H and O–H groups in total. The van der Waals surface area contributed by atoms with E-state index >= 15 is 0 Å². The van der Waals surface area contributed by atoms with Crippen molar-refractivity contribution in [2.75, 3.05) is 18.4 Å². The zero-order valence-electron chi connectivity index (χ0n) is 18.3. The Morgan fingerprint density at radius 2 is 1.79 bits per heavy atom. The van der Waals surface area contributed by atoms with Crippen molar-refractivity contribution in [3.05, 3.63) is 94.8 Å². The van der Waals surface area contributed by atoms with Crippen LogP contribution in [0.3, 0.4) is 0 Å². The quantitative estimate of drug-likeness (QED) is 0.541. The number of piperidine rings is 1. The van der Waals surface area contributed by atoms with Gasteiger partial charge in [-0.1, -0.05) is 29.8 Å². The van der Waals surface area contributed by atoms with Crippen LogP contribution in [0.25, 0.3) is 0 Å². The zero-order valence-corrected chi connectivity index (χ0v) is 19.1. The van der Waals surface area contributed by atoms with Crippen molar-refractivity contribution >= 4 is 29.1 Å². The third-order valence-electron chi connectivity index (χ3n) is 5.83. The molecule has 1 aliphatic heterocycles. The van der Waals surface area contributed by atoms with Crippen LogP contribution in [-0.4, -0.2) is 34.8 Å². The summed E-state index contributed by atoms with van der Waals surface area (Å²) in [6, 6.07) is 20.4. The molecule has 0 bridgehead atoms. The van der Waals surface area contributed by atoms with E-state index in [1.165, 1.54) is 0 Å². The van der Waals surface area contributed by atoms with Gasteiger partial charge in [0.05, 0.1) is 12.2 Å². The summed E-state index contributed by atoms with van der Waals surface area (Å²) in [6.07, 6.45) is 3.40. The van der Waals surface area contributed by atoms with Crippen LogP contribution < -0.4 is 10.6 Å². The molecule has 1 aromatic heterocycles. The molecule has 0 spiro atoms. The van der Waals surface area contributed by atoms with E-state index < -0.39 is 0 Å². The minimum atomic E-state index is -0.165. The Bertz CT molecular complexity index is 1080. The third-order valence-corrected chi connectivity index (χ3v) is 6.08. The molecule has 1 aliphatic rings. The first kappa shape index (κ1) is 23.0. The maximum absolute atomic E-state index is 12.5. The fourth-order valence-corrected chi connectivity index (χ4v) is 4.11. The minimum Gasteiger partial charge on any atom is -0.350 e. The highest BCUT2D eigenvalue weighted by molar-refractivity contribution is 6.30. The van der Waals surface area contributed by atoms with E-state index in [4.69, 9.17) is 11.6 Å².